The van der Waals surface area contributed by atoms with Gasteiger partial charge < -0.3 is 14.8 Å². The number of nitrogens with one attached hydrogen (secondary N) is 1. The number of amides is 1. The minimum absolute atomic E-state index is 0.156. The van der Waals surface area contributed by atoms with Crippen LogP contribution in [0.3, 0.4) is 0 Å². The summed E-state index contributed by atoms with van der Waals surface area (Å²) in [6, 6.07) is 20.9. The van der Waals surface area contributed by atoms with E-state index in [2.05, 4.69) is 10.4 Å². The van der Waals surface area contributed by atoms with Gasteiger partial charge in [0.1, 0.15) is 23.4 Å². The molecule has 8 heteroatoms. The zero-order valence-corrected chi connectivity index (χ0v) is 20.5. The number of hydrogen-bond donors (Lipinski definition) is 1. The number of thiophene rings is 1. The van der Waals surface area contributed by atoms with E-state index in [0.717, 1.165) is 22.2 Å². The molecule has 36 heavy (non-hydrogen) atoms. The Morgan fingerprint density at radius 3 is 2.64 bits per heavy atom. The van der Waals surface area contributed by atoms with Gasteiger partial charge in [0, 0.05) is 16.3 Å². The Morgan fingerprint density at radius 1 is 1.06 bits per heavy atom. The Labute approximate surface area is 211 Å². The number of benzene rings is 3. The van der Waals surface area contributed by atoms with Crippen LogP contribution in [-0.2, 0) is 0 Å². The van der Waals surface area contributed by atoms with Crippen molar-refractivity contribution in [2.24, 2.45) is 0 Å². The summed E-state index contributed by atoms with van der Waals surface area (Å²) in [5.41, 5.74) is 3.12. The van der Waals surface area contributed by atoms with E-state index in [-0.39, 0.29) is 17.8 Å². The average Bonchev–Trinajstić information content (AvgIpc) is 3.58. The monoisotopic (exact) mass is 501 g/mol. The molecule has 0 saturated carbocycles. The number of hydrogen-bond acceptors (Lipinski definition) is 5. The lowest BCUT2D eigenvalue weighted by atomic mass is 10.0. The number of aromatic nitrogens is 2. The van der Waals surface area contributed by atoms with Crippen LogP contribution < -0.4 is 14.8 Å². The van der Waals surface area contributed by atoms with Gasteiger partial charge in [-0.1, -0.05) is 12.1 Å². The molecular weight excluding hydrogens is 477 g/mol. The first kappa shape index (κ1) is 23.6. The highest BCUT2D eigenvalue weighted by Gasteiger charge is 2.24. The maximum Gasteiger partial charge on any atom is 0.252 e. The molecule has 2 aromatic heterocycles. The highest BCUT2D eigenvalue weighted by Crippen LogP contribution is 2.30. The van der Waals surface area contributed by atoms with Gasteiger partial charge >= 0.3 is 0 Å². The quantitative estimate of drug-likeness (QED) is 0.276. The van der Waals surface area contributed by atoms with Gasteiger partial charge in [-0.15, -0.1) is 0 Å². The number of methoxy groups -OCH3 is 1. The molecule has 0 aliphatic carbocycles. The zero-order valence-electron chi connectivity index (χ0n) is 19.7. The molecule has 3 aromatic carbocycles. The summed E-state index contributed by atoms with van der Waals surface area (Å²) in [6.45, 7) is 1.92. The molecule has 5 aromatic rings. The first-order valence-corrected chi connectivity index (χ1v) is 12.3. The molecule has 0 saturated heterocycles. The van der Waals surface area contributed by atoms with Gasteiger partial charge in [-0.3, -0.25) is 4.79 Å². The second kappa shape index (κ2) is 10.2. The molecule has 0 aliphatic heterocycles. The van der Waals surface area contributed by atoms with Gasteiger partial charge in [-0.2, -0.15) is 16.4 Å². The molecule has 2 atom stereocenters. The van der Waals surface area contributed by atoms with Crippen LogP contribution in [0, 0.1) is 5.82 Å². The van der Waals surface area contributed by atoms with Crippen molar-refractivity contribution in [2.75, 3.05) is 7.11 Å². The number of ether oxygens (including phenoxy) is 2. The van der Waals surface area contributed by atoms with E-state index in [1.54, 1.807) is 36.2 Å². The van der Waals surface area contributed by atoms with Crippen molar-refractivity contribution in [3.63, 3.8) is 0 Å². The number of nitrogens with zero attached hydrogens (tertiary/aromatic N) is 2. The van der Waals surface area contributed by atoms with Crippen LogP contribution in [0.25, 0.3) is 16.6 Å². The van der Waals surface area contributed by atoms with Crippen LogP contribution in [0.15, 0.2) is 89.8 Å². The van der Waals surface area contributed by atoms with Crippen LogP contribution in [0.4, 0.5) is 4.39 Å². The predicted molar refractivity (Wildman–Crippen MR) is 139 cm³/mol. The van der Waals surface area contributed by atoms with Crippen molar-refractivity contribution < 1.29 is 18.7 Å². The fraction of sp³-hybridized carbons (Fsp3) is 0.143. The van der Waals surface area contributed by atoms with E-state index < -0.39 is 6.10 Å². The van der Waals surface area contributed by atoms with Crippen LogP contribution in [0.5, 0.6) is 11.5 Å². The second-order valence-corrected chi connectivity index (χ2v) is 9.12. The molecule has 1 amide bonds. The normalized spacial score (nSPS) is 12.8. The molecule has 0 fully saturated rings. The van der Waals surface area contributed by atoms with E-state index >= 15 is 0 Å². The first-order chi connectivity index (χ1) is 17.5. The molecule has 182 valence electrons. The topological polar surface area (TPSA) is 65.4 Å². The van der Waals surface area contributed by atoms with Gasteiger partial charge in [0.25, 0.3) is 5.91 Å². The second-order valence-electron chi connectivity index (χ2n) is 8.34. The Kier molecular flexibility index (Phi) is 6.69. The lowest BCUT2D eigenvalue weighted by molar-refractivity contribution is 0.0882. The van der Waals surface area contributed by atoms with Crippen molar-refractivity contribution in [3.8, 4) is 17.2 Å². The summed E-state index contributed by atoms with van der Waals surface area (Å²) < 4.78 is 27.0. The number of carbonyl (C=O) groups excluding carboxylic acids is 1. The Hall–Kier alpha value is -4.17. The van der Waals surface area contributed by atoms with Gasteiger partial charge in [0.15, 0.2) is 0 Å². The molecule has 6 nitrogen and oxygen atoms in total. The fourth-order valence-corrected chi connectivity index (χ4v) is 4.69. The van der Waals surface area contributed by atoms with Crippen LogP contribution in [0.1, 0.15) is 28.9 Å². The number of fused-ring (bicyclic) bond motifs is 1. The predicted octanol–water partition coefficient (Wildman–Crippen LogP) is 6.17. The highest BCUT2D eigenvalue weighted by atomic mass is 32.1. The van der Waals surface area contributed by atoms with Crippen molar-refractivity contribution in [2.45, 2.75) is 19.1 Å². The van der Waals surface area contributed by atoms with Crippen molar-refractivity contribution in [3.05, 3.63) is 107 Å². The Morgan fingerprint density at radius 2 is 1.89 bits per heavy atom. The van der Waals surface area contributed by atoms with Crippen molar-refractivity contribution in [1.82, 2.24) is 15.1 Å². The summed E-state index contributed by atoms with van der Waals surface area (Å²) in [7, 11) is 1.61. The summed E-state index contributed by atoms with van der Waals surface area (Å²) >= 11 is 1.47. The molecule has 0 bridgehead atoms. The molecule has 0 aliphatic rings. The Balaban J connectivity index is 1.44. The smallest absolute Gasteiger partial charge is 0.252 e. The van der Waals surface area contributed by atoms with Crippen LogP contribution in [0.2, 0.25) is 0 Å². The van der Waals surface area contributed by atoms with E-state index in [9.17, 15) is 9.18 Å². The number of halogens is 1. The summed E-state index contributed by atoms with van der Waals surface area (Å²) in [5, 5.41) is 12.1. The number of carbonyl (C=O) groups is 1. The standard InChI is InChI=1S/C28H24FN3O3S/c1-18(31-28(33)20-12-13-36-17-20)27(19-4-3-5-24(14-19)34-2)35-25-10-11-26-21(15-25)16-30-32(26)23-8-6-22(29)7-9-23/h3-18,27H,1-2H3,(H,31,33). The molecule has 5 rings (SSSR count). The van der Waals surface area contributed by atoms with Crippen LogP contribution in [-0.4, -0.2) is 28.8 Å². The molecule has 2 heterocycles. The lowest BCUT2D eigenvalue weighted by Gasteiger charge is -2.27. The molecule has 1 N–H and O–H groups in total. The molecule has 0 spiro atoms. The lowest BCUT2D eigenvalue weighted by Crippen LogP contribution is -2.39. The average molecular weight is 502 g/mol. The molecule has 2 unspecified atom stereocenters. The SMILES string of the molecule is COc1cccc(C(Oc2ccc3c(cnn3-c3ccc(F)cc3)c2)C(C)NC(=O)c2ccsc2)c1. The fourth-order valence-electron chi connectivity index (χ4n) is 4.06. The van der Waals surface area contributed by atoms with Gasteiger partial charge in [-0.05, 0) is 78.5 Å². The van der Waals surface area contributed by atoms with Gasteiger partial charge in [-0.25, -0.2) is 9.07 Å². The largest absolute Gasteiger partial charge is 0.497 e. The first-order valence-electron chi connectivity index (χ1n) is 11.4. The highest BCUT2D eigenvalue weighted by molar-refractivity contribution is 7.08. The molecular formula is C28H24FN3O3S. The third kappa shape index (κ3) is 4.94. The minimum Gasteiger partial charge on any atom is -0.497 e. The van der Waals surface area contributed by atoms with E-state index in [0.29, 0.717) is 17.1 Å². The maximum absolute atomic E-state index is 13.3. The van der Waals surface area contributed by atoms with Gasteiger partial charge in [0.05, 0.1) is 30.6 Å². The maximum atomic E-state index is 13.3. The summed E-state index contributed by atoms with van der Waals surface area (Å²) in [5.74, 6) is 0.880. The van der Waals surface area contributed by atoms with Crippen molar-refractivity contribution >= 4 is 28.1 Å². The molecule has 0 radical (unpaired) electrons. The third-order valence-corrected chi connectivity index (χ3v) is 6.58. The zero-order chi connectivity index (χ0) is 25.1. The third-order valence-electron chi connectivity index (χ3n) is 5.89. The van der Waals surface area contributed by atoms with E-state index in [1.807, 2.05) is 60.1 Å². The summed E-state index contributed by atoms with van der Waals surface area (Å²) in [6.07, 6.45) is 1.26. The van der Waals surface area contributed by atoms with Crippen molar-refractivity contribution in [1.29, 1.82) is 0 Å². The van der Waals surface area contributed by atoms with Gasteiger partial charge in [0.2, 0.25) is 0 Å². The number of rotatable bonds is 8. The van der Waals surface area contributed by atoms with Crippen LogP contribution >= 0.6 is 11.3 Å². The minimum atomic E-state index is -0.479. The van der Waals surface area contributed by atoms with E-state index in [1.165, 1.54) is 23.5 Å². The van der Waals surface area contributed by atoms with E-state index in [4.69, 9.17) is 9.47 Å². The Bertz CT molecular complexity index is 1480. The summed E-state index contributed by atoms with van der Waals surface area (Å²) in [4.78, 5) is 12.7.